The number of pyridine rings is 1. The molecule has 0 spiro atoms. The molecule has 0 unspecified atom stereocenters. The highest BCUT2D eigenvalue weighted by molar-refractivity contribution is 7.92. The zero-order chi connectivity index (χ0) is 13.2. The van der Waals surface area contributed by atoms with Gasteiger partial charge in [-0.3, -0.25) is 4.98 Å². The Morgan fingerprint density at radius 2 is 2.17 bits per heavy atom. The molecule has 0 atom stereocenters. The summed E-state index contributed by atoms with van der Waals surface area (Å²) >= 11 is 4.73. The van der Waals surface area contributed by atoms with Crippen molar-refractivity contribution in [2.24, 2.45) is 5.73 Å². The molecule has 0 aliphatic heterocycles. The molecule has 0 aromatic carbocycles. The molecule has 4 N–H and O–H groups in total. The van der Waals surface area contributed by atoms with Gasteiger partial charge in [-0.1, -0.05) is 12.2 Å². The lowest BCUT2D eigenvalue weighted by atomic mass is 10.3. The number of nitrogens with zero attached hydrogens (tertiary/aromatic N) is 2. The first-order chi connectivity index (χ1) is 8.49. The second-order valence-electron chi connectivity index (χ2n) is 3.29. The van der Waals surface area contributed by atoms with Gasteiger partial charge in [-0.2, -0.15) is 0 Å². The molecule has 2 rings (SSSR count). The van der Waals surface area contributed by atoms with Gasteiger partial charge in [-0.25, -0.2) is 18.1 Å². The van der Waals surface area contributed by atoms with Gasteiger partial charge in [-0.15, -0.1) is 0 Å². The third-order valence-corrected chi connectivity index (χ3v) is 3.56. The molecular formula is C9H9N5O2S2. The van der Waals surface area contributed by atoms with E-state index in [1.54, 1.807) is 0 Å². The van der Waals surface area contributed by atoms with Gasteiger partial charge >= 0.3 is 0 Å². The van der Waals surface area contributed by atoms with Crippen LogP contribution in [0.4, 0.5) is 5.95 Å². The lowest BCUT2D eigenvalue weighted by Gasteiger charge is -2.05. The SMILES string of the molecule is NC(=S)c1ccc(S(=O)(=O)Nc2ncc[nH]2)cn1. The minimum atomic E-state index is -3.72. The minimum Gasteiger partial charge on any atom is -0.388 e. The molecule has 2 aromatic rings. The average Bonchev–Trinajstić information content (AvgIpc) is 2.81. The summed E-state index contributed by atoms with van der Waals surface area (Å²) in [5.74, 6) is 0.133. The van der Waals surface area contributed by atoms with Crippen LogP contribution in [0.3, 0.4) is 0 Å². The zero-order valence-corrected chi connectivity index (χ0v) is 10.6. The first kappa shape index (κ1) is 12.5. The Kier molecular flexibility index (Phi) is 3.26. The highest BCUT2D eigenvalue weighted by Crippen LogP contribution is 2.12. The van der Waals surface area contributed by atoms with Crippen molar-refractivity contribution in [2.75, 3.05) is 4.72 Å². The topological polar surface area (TPSA) is 114 Å². The van der Waals surface area contributed by atoms with Crippen molar-refractivity contribution in [3.63, 3.8) is 0 Å². The number of nitrogens with one attached hydrogen (secondary N) is 2. The summed E-state index contributed by atoms with van der Waals surface area (Å²) in [5, 5.41) is 0. The molecule has 0 saturated heterocycles. The minimum absolute atomic E-state index is 0.00102. The summed E-state index contributed by atoms with van der Waals surface area (Å²) in [6.07, 6.45) is 4.12. The summed E-state index contributed by atoms with van der Waals surface area (Å²) in [6, 6.07) is 2.81. The van der Waals surface area contributed by atoms with E-state index in [1.165, 1.54) is 30.7 Å². The number of thiocarbonyl (C=S) groups is 1. The Morgan fingerprint density at radius 3 is 2.67 bits per heavy atom. The van der Waals surface area contributed by atoms with Gasteiger partial charge in [0.25, 0.3) is 10.0 Å². The predicted octanol–water partition coefficient (Wildman–Crippen LogP) is 0.240. The molecule has 2 aromatic heterocycles. The average molecular weight is 283 g/mol. The van der Waals surface area contributed by atoms with Crippen LogP contribution in [0.1, 0.15) is 5.69 Å². The van der Waals surface area contributed by atoms with Gasteiger partial charge in [0, 0.05) is 18.6 Å². The fraction of sp³-hybridized carbons (Fsp3) is 0. The third-order valence-electron chi connectivity index (χ3n) is 2.03. The Balaban J connectivity index is 2.27. The van der Waals surface area contributed by atoms with E-state index in [9.17, 15) is 8.42 Å². The second kappa shape index (κ2) is 4.70. The van der Waals surface area contributed by atoms with Crippen LogP contribution in [-0.4, -0.2) is 28.4 Å². The second-order valence-corrected chi connectivity index (χ2v) is 5.41. The van der Waals surface area contributed by atoms with Crippen molar-refractivity contribution in [2.45, 2.75) is 4.90 Å². The van der Waals surface area contributed by atoms with Crippen LogP contribution >= 0.6 is 12.2 Å². The molecule has 0 bridgehead atoms. The molecule has 0 aliphatic carbocycles. The maximum Gasteiger partial charge on any atom is 0.265 e. The van der Waals surface area contributed by atoms with Crippen molar-refractivity contribution in [3.05, 3.63) is 36.4 Å². The van der Waals surface area contributed by atoms with E-state index in [1.807, 2.05) is 0 Å². The number of hydrogen-bond donors (Lipinski definition) is 3. The predicted molar refractivity (Wildman–Crippen MR) is 69.5 cm³/mol. The van der Waals surface area contributed by atoms with E-state index in [0.717, 1.165) is 0 Å². The Bertz CT molecular complexity index is 649. The maximum absolute atomic E-state index is 11.9. The standard InChI is InChI=1S/C9H9N5O2S2/c10-8(17)7-2-1-6(5-13-7)18(15,16)14-9-11-3-4-12-9/h1-5H,(H2,10,17)(H2,11,12,14). The summed E-state index contributed by atoms with van der Waals surface area (Å²) in [4.78, 5) is 10.4. The number of imidazole rings is 1. The lowest BCUT2D eigenvalue weighted by Crippen LogP contribution is -2.16. The highest BCUT2D eigenvalue weighted by atomic mass is 32.2. The van der Waals surface area contributed by atoms with E-state index in [-0.39, 0.29) is 15.8 Å². The van der Waals surface area contributed by atoms with Crippen molar-refractivity contribution >= 4 is 33.2 Å². The van der Waals surface area contributed by atoms with Crippen molar-refractivity contribution in [3.8, 4) is 0 Å². The highest BCUT2D eigenvalue weighted by Gasteiger charge is 2.15. The number of aromatic amines is 1. The van der Waals surface area contributed by atoms with E-state index < -0.39 is 10.0 Å². The van der Waals surface area contributed by atoms with Crippen LogP contribution in [0, 0.1) is 0 Å². The molecule has 7 nitrogen and oxygen atoms in total. The monoisotopic (exact) mass is 283 g/mol. The fourth-order valence-electron chi connectivity index (χ4n) is 1.19. The largest absolute Gasteiger partial charge is 0.388 e. The van der Waals surface area contributed by atoms with Crippen LogP contribution in [0.2, 0.25) is 0 Å². The zero-order valence-electron chi connectivity index (χ0n) is 8.99. The van der Waals surface area contributed by atoms with Gasteiger partial charge in [0.05, 0.1) is 5.69 Å². The number of aromatic nitrogens is 3. The van der Waals surface area contributed by atoms with Gasteiger partial charge in [0.1, 0.15) is 9.88 Å². The molecule has 0 fully saturated rings. The summed E-state index contributed by atoms with van der Waals surface area (Å²) in [7, 11) is -3.72. The molecule has 0 amide bonds. The molecule has 0 saturated carbocycles. The lowest BCUT2D eigenvalue weighted by molar-refractivity contribution is 0.600. The number of rotatable bonds is 4. The maximum atomic E-state index is 11.9. The molecule has 0 radical (unpaired) electrons. The van der Waals surface area contributed by atoms with Gasteiger partial charge < -0.3 is 10.7 Å². The van der Waals surface area contributed by atoms with Crippen molar-refractivity contribution in [1.29, 1.82) is 0 Å². The van der Waals surface area contributed by atoms with Crippen molar-refractivity contribution < 1.29 is 8.42 Å². The molecule has 9 heteroatoms. The van der Waals surface area contributed by atoms with Crippen molar-refractivity contribution in [1.82, 2.24) is 15.0 Å². The van der Waals surface area contributed by atoms with Crippen LogP contribution in [0.15, 0.2) is 35.6 Å². The summed E-state index contributed by atoms with van der Waals surface area (Å²) < 4.78 is 26.1. The van der Waals surface area contributed by atoms with Crippen LogP contribution in [0.25, 0.3) is 0 Å². The fourth-order valence-corrected chi connectivity index (χ4v) is 2.24. The molecule has 18 heavy (non-hydrogen) atoms. The first-order valence-electron chi connectivity index (χ1n) is 4.77. The smallest absolute Gasteiger partial charge is 0.265 e. The molecule has 0 aliphatic rings. The Morgan fingerprint density at radius 1 is 1.39 bits per heavy atom. The van der Waals surface area contributed by atoms with Gasteiger partial charge in [0.15, 0.2) is 0 Å². The van der Waals surface area contributed by atoms with Crippen LogP contribution < -0.4 is 10.5 Å². The van der Waals surface area contributed by atoms with Gasteiger partial charge in [-0.05, 0) is 12.1 Å². The van der Waals surface area contributed by atoms with Gasteiger partial charge in [0.2, 0.25) is 5.95 Å². The molecule has 94 valence electrons. The summed E-state index contributed by atoms with van der Waals surface area (Å²) in [5.41, 5.74) is 5.73. The molecule has 2 heterocycles. The van der Waals surface area contributed by atoms with Crippen LogP contribution in [0.5, 0.6) is 0 Å². The van der Waals surface area contributed by atoms with E-state index in [4.69, 9.17) is 18.0 Å². The number of hydrogen-bond acceptors (Lipinski definition) is 5. The number of nitrogens with two attached hydrogens (primary N) is 1. The number of anilines is 1. The quantitative estimate of drug-likeness (QED) is 0.693. The van der Waals surface area contributed by atoms with E-state index >= 15 is 0 Å². The normalized spacial score (nSPS) is 11.1. The molecular weight excluding hydrogens is 274 g/mol. The summed E-state index contributed by atoms with van der Waals surface area (Å²) in [6.45, 7) is 0. The third kappa shape index (κ3) is 2.63. The van der Waals surface area contributed by atoms with E-state index in [0.29, 0.717) is 5.69 Å². The first-order valence-corrected chi connectivity index (χ1v) is 6.66. The van der Waals surface area contributed by atoms with E-state index in [2.05, 4.69) is 19.7 Å². The Labute approximate surface area is 109 Å². The van der Waals surface area contributed by atoms with Crippen LogP contribution in [-0.2, 0) is 10.0 Å². The number of H-pyrrole nitrogens is 1. The Hall–Kier alpha value is -2.00. The number of sulfonamides is 1.